The third-order valence-corrected chi connectivity index (χ3v) is 5.31. The molecule has 174 valence electrons. The van der Waals surface area contributed by atoms with Gasteiger partial charge in [-0.15, -0.1) is 0 Å². The maximum atomic E-state index is 12.9. The monoisotopic (exact) mass is 462 g/mol. The molecule has 0 aliphatic heterocycles. The Hall–Kier alpha value is -4.46. The summed E-state index contributed by atoms with van der Waals surface area (Å²) in [5.74, 6) is -0.627. The van der Waals surface area contributed by atoms with Crippen LogP contribution < -0.4 is 24.6 Å². The summed E-state index contributed by atoms with van der Waals surface area (Å²) < 4.78 is 27.4. The van der Waals surface area contributed by atoms with Gasteiger partial charge in [0.1, 0.15) is 17.7 Å². The Bertz CT molecular complexity index is 1380. The van der Waals surface area contributed by atoms with Gasteiger partial charge in [0.2, 0.25) is 11.5 Å². The van der Waals surface area contributed by atoms with Crippen LogP contribution in [0.2, 0.25) is 0 Å². The molecule has 0 amide bonds. The maximum absolute atomic E-state index is 12.9. The van der Waals surface area contributed by atoms with E-state index in [2.05, 4.69) is 0 Å². The number of ether oxygens (including phenoxy) is 4. The van der Waals surface area contributed by atoms with E-state index >= 15 is 0 Å². The first kappa shape index (κ1) is 22.7. The van der Waals surface area contributed by atoms with Crippen LogP contribution in [0.4, 0.5) is 0 Å². The van der Waals surface area contributed by atoms with E-state index in [1.54, 1.807) is 30.3 Å². The van der Waals surface area contributed by atoms with Gasteiger partial charge in [0.25, 0.3) is 0 Å². The molecule has 34 heavy (non-hydrogen) atoms. The zero-order valence-corrected chi connectivity index (χ0v) is 18.8. The van der Waals surface area contributed by atoms with Crippen LogP contribution in [0, 0.1) is 0 Å². The molecule has 0 saturated carbocycles. The fourth-order valence-corrected chi connectivity index (χ4v) is 3.79. The van der Waals surface area contributed by atoms with Crippen molar-refractivity contribution in [3.63, 3.8) is 0 Å². The molecule has 0 atom stereocenters. The van der Waals surface area contributed by atoms with Crippen molar-refractivity contribution < 1.29 is 33.3 Å². The van der Waals surface area contributed by atoms with Gasteiger partial charge in [-0.3, -0.25) is 0 Å². The number of hydrogen-bond acceptors (Lipinski definition) is 7. The Kier molecular flexibility index (Phi) is 6.40. The highest BCUT2D eigenvalue weighted by Gasteiger charge is 2.25. The van der Waals surface area contributed by atoms with Crippen LogP contribution >= 0.6 is 0 Å². The first-order valence-electron chi connectivity index (χ1n) is 10.3. The van der Waals surface area contributed by atoms with E-state index in [4.69, 9.17) is 23.4 Å². The average molecular weight is 462 g/mol. The molecule has 0 unspecified atom stereocenters. The molecular weight excluding hydrogens is 440 g/mol. The predicted molar refractivity (Wildman–Crippen MR) is 125 cm³/mol. The molecule has 1 aromatic heterocycles. The second kappa shape index (κ2) is 9.58. The van der Waals surface area contributed by atoms with E-state index in [1.165, 1.54) is 21.3 Å². The van der Waals surface area contributed by atoms with Crippen LogP contribution in [0.3, 0.4) is 0 Å². The summed E-state index contributed by atoms with van der Waals surface area (Å²) in [5.41, 5.74) is 0.690. The van der Waals surface area contributed by atoms with E-state index in [-0.39, 0.29) is 23.3 Å². The maximum Gasteiger partial charge on any atom is 0.372 e. The quantitative estimate of drug-likeness (QED) is 0.400. The van der Waals surface area contributed by atoms with Gasteiger partial charge in [0.05, 0.1) is 21.3 Å². The second-order valence-electron chi connectivity index (χ2n) is 7.27. The number of fused-ring (bicyclic) bond motifs is 1. The van der Waals surface area contributed by atoms with Crippen molar-refractivity contribution in [3.05, 3.63) is 82.4 Å². The Labute approximate surface area is 194 Å². The third kappa shape index (κ3) is 4.13. The molecule has 0 fully saturated rings. The topological polar surface area (TPSA) is 104 Å². The Morgan fingerprint density at radius 1 is 0.882 bits per heavy atom. The molecule has 3 aromatic carbocycles. The number of rotatable bonds is 8. The first-order valence-corrected chi connectivity index (χ1v) is 10.3. The molecule has 1 heterocycles. The van der Waals surface area contributed by atoms with E-state index in [0.717, 1.165) is 5.56 Å². The normalized spacial score (nSPS) is 10.7. The number of aromatic carboxylic acids is 1. The molecular formula is C26H22O8. The van der Waals surface area contributed by atoms with Crippen LogP contribution in [-0.2, 0) is 6.61 Å². The lowest BCUT2D eigenvalue weighted by atomic mass is 9.97. The Morgan fingerprint density at radius 3 is 2.15 bits per heavy atom. The smallest absolute Gasteiger partial charge is 0.372 e. The van der Waals surface area contributed by atoms with Crippen LogP contribution in [0.15, 0.2) is 69.9 Å². The van der Waals surface area contributed by atoms with Gasteiger partial charge in [-0.1, -0.05) is 42.5 Å². The van der Waals surface area contributed by atoms with Crippen molar-refractivity contribution in [3.8, 4) is 34.1 Å². The molecule has 0 aliphatic rings. The summed E-state index contributed by atoms with van der Waals surface area (Å²) in [5, 5.41) is 10.3. The summed E-state index contributed by atoms with van der Waals surface area (Å²) in [6.45, 7) is 0.222. The molecule has 0 aliphatic carbocycles. The van der Waals surface area contributed by atoms with Gasteiger partial charge in [0, 0.05) is 10.9 Å². The van der Waals surface area contributed by atoms with Crippen molar-refractivity contribution in [2.45, 2.75) is 6.61 Å². The van der Waals surface area contributed by atoms with Gasteiger partial charge in [-0.25, -0.2) is 9.59 Å². The fourth-order valence-electron chi connectivity index (χ4n) is 3.79. The molecule has 0 bridgehead atoms. The summed E-state index contributed by atoms with van der Waals surface area (Å²) in [6.07, 6.45) is 0. The van der Waals surface area contributed by atoms with Crippen molar-refractivity contribution >= 4 is 16.7 Å². The second-order valence-corrected chi connectivity index (χ2v) is 7.27. The number of benzene rings is 3. The molecule has 4 rings (SSSR count). The van der Waals surface area contributed by atoms with E-state index in [0.29, 0.717) is 28.2 Å². The Balaban J connectivity index is 1.96. The SMILES string of the molecule is COc1cc(-c2c(C(=O)O)oc(=O)c3c(OCc4ccccc4)cccc23)cc(OC)c1OC. The lowest BCUT2D eigenvalue weighted by Crippen LogP contribution is -2.11. The minimum Gasteiger partial charge on any atom is -0.493 e. The van der Waals surface area contributed by atoms with Crippen LogP contribution in [0.1, 0.15) is 16.1 Å². The average Bonchev–Trinajstić information content (AvgIpc) is 2.86. The highest BCUT2D eigenvalue weighted by atomic mass is 16.5. The summed E-state index contributed by atoms with van der Waals surface area (Å²) in [7, 11) is 4.38. The van der Waals surface area contributed by atoms with Crippen molar-refractivity contribution in [1.29, 1.82) is 0 Å². The fraction of sp³-hybridized carbons (Fsp3) is 0.154. The Morgan fingerprint density at radius 2 is 1.56 bits per heavy atom. The molecule has 1 N–H and O–H groups in total. The number of carboxylic acids is 1. The molecule has 8 heteroatoms. The van der Waals surface area contributed by atoms with Gasteiger partial charge in [-0.2, -0.15) is 0 Å². The highest BCUT2D eigenvalue weighted by Crippen LogP contribution is 2.44. The van der Waals surface area contributed by atoms with Gasteiger partial charge >= 0.3 is 11.6 Å². The molecule has 0 saturated heterocycles. The lowest BCUT2D eigenvalue weighted by molar-refractivity contribution is 0.0659. The molecule has 0 radical (unpaired) electrons. The van der Waals surface area contributed by atoms with Crippen molar-refractivity contribution in [2.24, 2.45) is 0 Å². The number of carboxylic acid groups (broad SMARTS) is 1. The van der Waals surface area contributed by atoms with Gasteiger partial charge in [-0.05, 0) is 29.3 Å². The number of carbonyl (C=O) groups is 1. The van der Waals surface area contributed by atoms with E-state index in [1.807, 2.05) is 30.3 Å². The predicted octanol–water partition coefficient (Wildman–Crippen LogP) is 4.76. The van der Waals surface area contributed by atoms with Crippen molar-refractivity contribution in [2.75, 3.05) is 21.3 Å². The van der Waals surface area contributed by atoms with E-state index < -0.39 is 17.4 Å². The van der Waals surface area contributed by atoms with Crippen LogP contribution in [-0.4, -0.2) is 32.4 Å². The summed E-state index contributed by atoms with van der Waals surface area (Å²) >= 11 is 0. The summed E-state index contributed by atoms with van der Waals surface area (Å²) in [6, 6.07) is 17.6. The van der Waals surface area contributed by atoms with Gasteiger partial charge in [0.15, 0.2) is 11.5 Å². The summed E-state index contributed by atoms with van der Waals surface area (Å²) in [4.78, 5) is 25.0. The van der Waals surface area contributed by atoms with Crippen LogP contribution in [0.25, 0.3) is 21.9 Å². The lowest BCUT2D eigenvalue weighted by Gasteiger charge is -2.16. The highest BCUT2D eigenvalue weighted by molar-refractivity contribution is 6.06. The van der Waals surface area contributed by atoms with Crippen LogP contribution in [0.5, 0.6) is 23.0 Å². The molecule has 8 nitrogen and oxygen atoms in total. The third-order valence-electron chi connectivity index (χ3n) is 5.31. The molecule has 4 aromatic rings. The zero-order chi connectivity index (χ0) is 24.2. The number of methoxy groups -OCH3 is 3. The largest absolute Gasteiger partial charge is 0.493 e. The molecule has 0 spiro atoms. The standard InChI is InChI=1S/C26H22O8/c1-30-19-12-16(13-20(31-2)23(19)32-3)21-17-10-7-11-18(33-14-15-8-5-4-6-9-15)22(17)26(29)34-24(21)25(27)28/h4-13H,14H2,1-3H3,(H,27,28). The first-order chi connectivity index (χ1) is 16.5. The minimum absolute atomic E-state index is 0.132. The van der Waals surface area contributed by atoms with Gasteiger partial charge < -0.3 is 28.5 Å². The number of hydrogen-bond donors (Lipinski definition) is 1. The van der Waals surface area contributed by atoms with E-state index in [9.17, 15) is 14.7 Å². The van der Waals surface area contributed by atoms with Crippen molar-refractivity contribution in [1.82, 2.24) is 0 Å². The minimum atomic E-state index is -1.39. The zero-order valence-electron chi connectivity index (χ0n) is 18.8.